The highest BCUT2D eigenvalue weighted by molar-refractivity contribution is 6.30. The van der Waals surface area contributed by atoms with Crippen LogP contribution in [0.1, 0.15) is 22.9 Å². The third kappa shape index (κ3) is 3.25. The first kappa shape index (κ1) is 15.5. The average Bonchev–Trinajstić information content (AvgIpc) is 2.45. The fourth-order valence-corrected chi connectivity index (χ4v) is 2.01. The maximum absolute atomic E-state index is 12.5. The SMILES string of the molecule is COc1ncccc1C(O)c1ccc(C(F)(F)F)nc1Cl. The zero-order chi connectivity index (χ0) is 15.6. The van der Waals surface area contributed by atoms with E-state index in [1.54, 1.807) is 6.07 Å². The number of methoxy groups -OCH3 is 1. The zero-order valence-corrected chi connectivity index (χ0v) is 11.5. The van der Waals surface area contributed by atoms with E-state index >= 15 is 0 Å². The topological polar surface area (TPSA) is 55.2 Å². The Bertz CT molecular complexity index is 650. The number of pyridine rings is 2. The van der Waals surface area contributed by atoms with E-state index in [0.717, 1.165) is 12.1 Å². The molecule has 1 unspecified atom stereocenters. The van der Waals surface area contributed by atoms with E-state index in [1.807, 2.05) is 0 Å². The summed E-state index contributed by atoms with van der Waals surface area (Å²) in [5, 5.41) is 9.83. The van der Waals surface area contributed by atoms with Crippen LogP contribution in [0, 0.1) is 0 Å². The lowest BCUT2D eigenvalue weighted by molar-refractivity contribution is -0.141. The molecule has 4 nitrogen and oxygen atoms in total. The van der Waals surface area contributed by atoms with Gasteiger partial charge in [0.15, 0.2) is 0 Å². The summed E-state index contributed by atoms with van der Waals surface area (Å²) >= 11 is 5.74. The van der Waals surface area contributed by atoms with E-state index in [2.05, 4.69) is 9.97 Å². The minimum absolute atomic E-state index is 0.0379. The average molecular weight is 319 g/mol. The Morgan fingerprint density at radius 2 is 1.95 bits per heavy atom. The molecule has 0 radical (unpaired) electrons. The normalized spacial score (nSPS) is 13.0. The Kier molecular flexibility index (Phi) is 4.34. The highest BCUT2D eigenvalue weighted by Gasteiger charge is 2.33. The van der Waals surface area contributed by atoms with Gasteiger partial charge in [-0.05, 0) is 18.2 Å². The second-order valence-electron chi connectivity index (χ2n) is 4.08. The van der Waals surface area contributed by atoms with E-state index in [9.17, 15) is 18.3 Å². The van der Waals surface area contributed by atoms with Crippen molar-refractivity contribution in [2.24, 2.45) is 0 Å². The molecule has 0 aliphatic carbocycles. The summed E-state index contributed by atoms with van der Waals surface area (Å²) in [6, 6.07) is 4.93. The summed E-state index contributed by atoms with van der Waals surface area (Å²) in [5.41, 5.74) is -0.805. The van der Waals surface area contributed by atoms with Gasteiger partial charge in [0, 0.05) is 17.3 Å². The number of alkyl halides is 3. The molecule has 112 valence electrons. The Morgan fingerprint density at radius 3 is 2.52 bits per heavy atom. The van der Waals surface area contributed by atoms with E-state index in [-0.39, 0.29) is 17.0 Å². The number of rotatable bonds is 3. The third-order valence-corrected chi connectivity index (χ3v) is 3.05. The second-order valence-corrected chi connectivity index (χ2v) is 4.44. The van der Waals surface area contributed by atoms with Crippen molar-refractivity contribution in [2.75, 3.05) is 7.11 Å². The predicted molar refractivity (Wildman–Crippen MR) is 69.1 cm³/mol. The molecule has 0 bridgehead atoms. The molecule has 2 aromatic heterocycles. The van der Waals surface area contributed by atoms with Crippen molar-refractivity contribution in [2.45, 2.75) is 12.3 Å². The van der Waals surface area contributed by atoms with Crippen molar-refractivity contribution >= 4 is 11.6 Å². The van der Waals surface area contributed by atoms with Crippen LogP contribution < -0.4 is 4.74 Å². The number of ether oxygens (including phenoxy) is 1. The first-order valence-corrected chi connectivity index (χ1v) is 6.13. The van der Waals surface area contributed by atoms with Crippen molar-refractivity contribution in [3.05, 3.63) is 52.4 Å². The van der Waals surface area contributed by atoms with Crippen LogP contribution in [0.15, 0.2) is 30.5 Å². The molecule has 21 heavy (non-hydrogen) atoms. The van der Waals surface area contributed by atoms with Crippen LogP contribution in [-0.4, -0.2) is 22.2 Å². The van der Waals surface area contributed by atoms with Crippen LogP contribution in [-0.2, 0) is 6.18 Å². The lowest BCUT2D eigenvalue weighted by Gasteiger charge is -2.16. The van der Waals surface area contributed by atoms with Crippen LogP contribution in [0.4, 0.5) is 13.2 Å². The standard InChI is InChI=1S/C13H10ClF3N2O2/c1-21-12-8(3-2-6-18-12)10(20)7-4-5-9(13(15,16)17)19-11(7)14/h2-6,10,20H,1H3. The van der Waals surface area contributed by atoms with Gasteiger partial charge in [-0.2, -0.15) is 13.2 Å². The third-order valence-electron chi connectivity index (χ3n) is 2.75. The number of halogens is 4. The van der Waals surface area contributed by atoms with E-state index in [4.69, 9.17) is 16.3 Å². The zero-order valence-electron chi connectivity index (χ0n) is 10.7. The summed E-state index contributed by atoms with van der Waals surface area (Å²) in [5.74, 6) is 0.154. The van der Waals surface area contributed by atoms with Crippen molar-refractivity contribution in [1.82, 2.24) is 9.97 Å². The van der Waals surface area contributed by atoms with Crippen LogP contribution in [0.25, 0.3) is 0 Å². The number of hydrogen-bond donors (Lipinski definition) is 1. The fraction of sp³-hybridized carbons (Fsp3) is 0.231. The molecule has 0 amide bonds. The molecule has 0 aliphatic heterocycles. The van der Waals surface area contributed by atoms with Gasteiger partial charge in [0.25, 0.3) is 0 Å². The molecule has 2 rings (SSSR count). The molecule has 0 saturated heterocycles. The quantitative estimate of drug-likeness (QED) is 0.883. The summed E-state index contributed by atoms with van der Waals surface area (Å²) in [7, 11) is 1.37. The first-order chi connectivity index (χ1) is 9.84. The lowest BCUT2D eigenvalue weighted by atomic mass is 10.0. The summed E-state index contributed by atoms with van der Waals surface area (Å²) in [6.07, 6.45) is -4.43. The van der Waals surface area contributed by atoms with Crippen LogP contribution in [0.3, 0.4) is 0 Å². The molecule has 0 aliphatic rings. The molecular weight excluding hydrogens is 309 g/mol. The highest BCUT2D eigenvalue weighted by Crippen LogP contribution is 2.34. The van der Waals surface area contributed by atoms with Crippen molar-refractivity contribution in [3.8, 4) is 5.88 Å². The maximum Gasteiger partial charge on any atom is 0.433 e. The molecule has 0 aromatic carbocycles. The second kappa shape index (κ2) is 5.87. The molecule has 1 N–H and O–H groups in total. The molecule has 2 aromatic rings. The van der Waals surface area contributed by atoms with Gasteiger partial charge in [-0.1, -0.05) is 17.7 Å². The van der Waals surface area contributed by atoms with Gasteiger partial charge < -0.3 is 9.84 Å². The molecule has 0 saturated carbocycles. The van der Waals surface area contributed by atoms with E-state index < -0.39 is 23.1 Å². The minimum Gasteiger partial charge on any atom is -0.481 e. The van der Waals surface area contributed by atoms with E-state index in [1.165, 1.54) is 19.4 Å². The number of aromatic nitrogens is 2. The molecule has 1 atom stereocenters. The number of aliphatic hydroxyl groups excluding tert-OH is 1. The number of hydrogen-bond acceptors (Lipinski definition) is 4. The summed E-state index contributed by atoms with van der Waals surface area (Å²) < 4.78 is 42.6. The Hall–Kier alpha value is -1.86. The highest BCUT2D eigenvalue weighted by atomic mass is 35.5. The van der Waals surface area contributed by atoms with Gasteiger partial charge in [-0.3, -0.25) is 0 Å². The molecule has 2 heterocycles. The molecule has 0 fully saturated rings. The molecule has 0 spiro atoms. The van der Waals surface area contributed by atoms with Crippen LogP contribution >= 0.6 is 11.6 Å². The molecular formula is C13H10ClF3N2O2. The van der Waals surface area contributed by atoms with Crippen molar-refractivity contribution in [3.63, 3.8) is 0 Å². The maximum atomic E-state index is 12.5. The Labute approximate surface area is 123 Å². The monoisotopic (exact) mass is 318 g/mol. The van der Waals surface area contributed by atoms with Gasteiger partial charge in [0.2, 0.25) is 5.88 Å². The van der Waals surface area contributed by atoms with Gasteiger partial charge in [0.1, 0.15) is 17.0 Å². The van der Waals surface area contributed by atoms with E-state index in [0.29, 0.717) is 0 Å². The first-order valence-electron chi connectivity index (χ1n) is 5.75. The fourth-order valence-electron chi connectivity index (χ4n) is 1.76. The van der Waals surface area contributed by atoms with Gasteiger partial charge in [-0.25, -0.2) is 9.97 Å². The smallest absolute Gasteiger partial charge is 0.433 e. The van der Waals surface area contributed by atoms with Crippen molar-refractivity contribution < 1.29 is 23.0 Å². The Balaban J connectivity index is 2.42. The Morgan fingerprint density at radius 1 is 1.24 bits per heavy atom. The lowest BCUT2D eigenvalue weighted by Crippen LogP contribution is -2.10. The van der Waals surface area contributed by atoms with Gasteiger partial charge in [0.05, 0.1) is 7.11 Å². The number of nitrogens with zero attached hydrogens (tertiary/aromatic N) is 2. The largest absolute Gasteiger partial charge is 0.481 e. The van der Waals surface area contributed by atoms with Crippen LogP contribution in [0.2, 0.25) is 5.15 Å². The van der Waals surface area contributed by atoms with Crippen LogP contribution in [0.5, 0.6) is 5.88 Å². The van der Waals surface area contributed by atoms with Crippen molar-refractivity contribution in [1.29, 1.82) is 0 Å². The summed E-state index contributed by atoms with van der Waals surface area (Å²) in [6.45, 7) is 0. The van der Waals surface area contributed by atoms with Gasteiger partial charge >= 0.3 is 6.18 Å². The number of aliphatic hydroxyl groups is 1. The minimum atomic E-state index is -4.60. The summed E-state index contributed by atoms with van der Waals surface area (Å²) in [4.78, 5) is 7.17. The van der Waals surface area contributed by atoms with Gasteiger partial charge in [-0.15, -0.1) is 0 Å². The predicted octanol–water partition coefficient (Wildman–Crippen LogP) is 3.24. The molecule has 8 heteroatoms.